The second kappa shape index (κ2) is 10.2. The first-order valence-electron chi connectivity index (χ1n) is 10.8. The molecular formula is C25H32N2O2. The molecule has 0 N–H and O–H groups in total. The zero-order valence-corrected chi connectivity index (χ0v) is 17.6. The van der Waals surface area contributed by atoms with Gasteiger partial charge in [0, 0.05) is 30.6 Å². The fourth-order valence-corrected chi connectivity index (χ4v) is 4.13. The molecule has 0 unspecified atom stereocenters. The van der Waals surface area contributed by atoms with E-state index in [0.717, 1.165) is 36.9 Å². The smallest absolute Gasteiger partial charge is 0.230 e. The quantitative estimate of drug-likeness (QED) is 0.673. The summed E-state index contributed by atoms with van der Waals surface area (Å²) in [5.74, 6) is 0.491. The zero-order valence-electron chi connectivity index (χ0n) is 17.6. The van der Waals surface area contributed by atoms with Crippen molar-refractivity contribution in [1.82, 2.24) is 4.90 Å². The van der Waals surface area contributed by atoms with Crippen LogP contribution in [0.1, 0.15) is 45.1 Å². The third-order valence-corrected chi connectivity index (χ3v) is 6.01. The number of para-hydroxylation sites is 1. The lowest BCUT2D eigenvalue weighted by Gasteiger charge is -2.35. The van der Waals surface area contributed by atoms with Crippen LogP contribution in [0.15, 0.2) is 60.7 Å². The maximum absolute atomic E-state index is 13.4. The minimum Gasteiger partial charge on any atom is -0.342 e. The average molecular weight is 393 g/mol. The van der Waals surface area contributed by atoms with Crippen LogP contribution in [0, 0.1) is 11.8 Å². The molecule has 2 aromatic rings. The molecule has 0 spiro atoms. The van der Waals surface area contributed by atoms with Crippen molar-refractivity contribution in [3.63, 3.8) is 0 Å². The predicted octanol–water partition coefficient (Wildman–Crippen LogP) is 4.89. The number of carbonyl (C=O) groups excluding carboxylic acids is 2. The molecule has 3 rings (SSSR count). The molecule has 4 heteroatoms. The zero-order chi connectivity index (χ0) is 20.6. The Balaban J connectivity index is 1.70. The number of amides is 2. The molecule has 1 heterocycles. The van der Waals surface area contributed by atoms with Crippen LogP contribution in [-0.4, -0.2) is 29.8 Å². The third kappa shape index (κ3) is 5.26. The van der Waals surface area contributed by atoms with E-state index >= 15 is 0 Å². The molecule has 0 radical (unpaired) electrons. The first-order chi connectivity index (χ1) is 14.1. The summed E-state index contributed by atoms with van der Waals surface area (Å²) < 4.78 is 0. The number of rotatable bonds is 7. The van der Waals surface area contributed by atoms with Gasteiger partial charge in [-0.3, -0.25) is 9.59 Å². The number of nitrogens with zero attached hydrogens (tertiary/aromatic N) is 2. The van der Waals surface area contributed by atoms with E-state index in [1.54, 1.807) is 0 Å². The Morgan fingerprint density at radius 3 is 2.03 bits per heavy atom. The molecule has 0 aliphatic carbocycles. The van der Waals surface area contributed by atoms with Gasteiger partial charge < -0.3 is 9.80 Å². The van der Waals surface area contributed by atoms with E-state index in [0.29, 0.717) is 19.6 Å². The van der Waals surface area contributed by atoms with E-state index in [2.05, 4.69) is 26.0 Å². The Morgan fingerprint density at radius 2 is 1.48 bits per heavy atom. The Hall–Kier alpha value is -2.62. The van der Waals surface area contributed by atoms with Crippen molar-refractivity contribution in [2.24, 2.45) is 11.8 Å². The van der Waals surface area contributed by atoms with Gasteiger partial charge in [-0.05, 0) is 43.4 Å². The van der Waals surface area contributed by atoms with Gasteiger partial charge in [-0.2, -0.15) is 0 Å². The molecule has 0 atom stereocenters. The van der Waals surface area contributed by atoms with Crippen LogP contribution in [0.2, 0.25) is 0 Å². The van der Waals surface area contributed by atoms with Gasteiger partial charge in [-0.1, -0.05) is 62.4 Å². The Labute approximate surface area is 174 Å². The van der Waals surface area contributed by atoms with Crippen molar-refractivity contribution >= 4 is 17.5 Å². The van der Waals surface area contributed by atoms with Gasteiger partial charge in [0.2, 0.25) is 11.8 Å². The summed E-state index contributed by atoms with van der Waals surface area (Å²) in [6.07, 6.45) is 3.24. The second-order valence-corrected chi connectivity index (χ2v) is 7.86. The van der Waals surface area contributed by atoms with Gasteiger partial charge in [0.05, 0.1) is 6.54 Å². The molecule has 0 saturated carbocycles. The molecule has 4 nitrogen and oxygen atoms in total. The lowest BCUT2D eigenvalue weighted by atomic mass is 9.93. The molecule has 2 aromatic carbocycles. The highest BCUT2D eigenvalue weighted by Crippen LogP contribution is 2.26. The SMILES string of the molecule is CCC(CC)C(=O)N1CCC(C(=O)N(Cc2ccccc2)c2ccccc2)CC1. The van der Waals surface area contributed by atoms with Gasteiger partial charge in [0.1, 0.15) is 0 Å². The fraction of sp³-hybridized carbons (Fsp3) is 0.440. The van der Waals surface area contributed by atoms with Crippen molar-refractivity contribution < 1.29 is 9.59 Å². The summed E-state index contributed by atoms with van der Waals surface area (Å²) in [6, 6.07) is 20.0. The highest BCUT2D eigenvalue weighted by Gasteiger charge is 2.32. The van der Waals surface area contributed by atoms with E-state index in [4.69, 9.17) is 0 Å². The highest BCUT2D eigenvalue weighted by molar-refractivity contribution is 5.95. The van der Waals surface area contributed by atoms with E-state index in [1.807, 2.05) is 58.3 Å². The largest absolute Gasteiger partial charge is 0.342 e. The molecule has 1 aliphatic heterocycles. The molecule has 1 fully saturated rings. The van der Waals surface area contributed by atoms with Gasteiger partial charge in [-0.25, -0.2) is 0 Å². The van der Waals surface area contributed by atoms with Gasteiger partial charge in [0.25, 0.3) is 0 Å². The third-order valence-electron chi connectivity index (χ3n) is 6.01. The van der Waals surface area contributed by atoms with Crippen LogP contribution in [-0.2, 0) is 16.1 Å². The van der Waals surface area contributed by atoms with Crippen molar-refractivity contribution in [1.29, 1.82) is 0 Å². The molecule has 154 valence electrons. The summed E-state index contributed by atoms with van der Waals surface area (Å²) in [7, 11) is 0. The molecule has 29 heavy (non-hydrogen) atoms. The fourth-order valence-electron chi connectivity index (χ4n) is 4.13. The second-order valence-electron chi connectivity index (χ2n) is 7.86. The summed E-state index contributed by atoms with van der Waals surface area (Å²) >= 11 is 0. The predicted molar refractivity (Wildman–Crippen MR) is 117 cm³/mol. The Kier molecular flexibility index (Phi) is 7.45. The number of benzene rings is 2. The number of carbonyl (C=O) groups is 2. The number of piperidine rings is 1. The molecule has 2 amide bonds. The highest BCUT2D eigenvalue weighted by atomic mass is 16.2. The maximum atomic E-state index is 13.4. The van der Waals surface area contributed by atoms with E-state index in [-0.39, 0.29) is 23.7 Å². The van der Waals surface area contributed by atoms with E-state index < -0.39 is 0 Å². The number of likely N-dealkylation sites (tertiary alicyclic amines) is 1. The topological polar surface area (TPSA) is 40.6 Å². The van der Waals surface area contributed by atoms with Gasteiger partial charge >= 0.3 is 0 Å². The van der Waals surface area contributed by atoms with Gasteiger partial charge in [0.15, 0.2) is 0 Å². The minimum absolute atomic E-state index is 0.0373. The summed E-state index contributed by atoms with van der Waals surface area (Å²) in [6.45, 7) is 6.07. The first kappa shape index (κ1) is 21.1. The van der Waals surface area contributed by atoms with E-state index in [9.17, 15) is 9.59 Å². The standard InChI is InChI=1S/C25H32N2O2/c1-3-21(4-2)24(28)26-17-15-22(16-18-26)25(29)27(23-13-9-6-10-14-23)19-20-11-7-5-8-12-20/h5-14,21-22H,3-4,15-19H2,1-2H3. The van der Waals surface area contributed by atoms with Crippen LogP contribution in [0.5, 0.6) is 0 Å². The first-order valence-corrected chi connectivity index (χ1v) is 10.8. The number of hydrogen-bond acceptors (Lipinski definition) is 2. The molecule has 1 aliphatic rings. The van der Waals surface area contributed by atoms with Crippen molar-refractivity contribution in [3.05, 3.63) is 66.2 Å². The number of anilines is 1. The molecule has 0 aromatic heterocycles. The minimum atomic E-state index is -0.0373. The summed E-state index contributed by atoms with van der Waals surface area (Å²) in [5.41, 5.74) is 2.04. The lowest BCUT2D eigenvalue weighted by Crippen LogP contribution is -2.46. The summed E-state index contributed by atoms with van der Waals surface area (Å²) in [5, 5.41) is 0. The van der Waals surface area contributed by atoms with Crippen LogP contribution in [0.4, 0.5) is 5.69 Å². The van der Waals surface area contributed by atoms with E-state index in [1.165, 1.54) is 0 Å². The molecular weight excluding hydrogens is 360 g/mol. The normalized spacial score (nSPS) is 14.8. The molecule has 0 bridgehead atoms. The van der Waals surface area contributed by atoms with Gasteiger partial charge in [-0.15, -0.1) is 0 Å². The number of hydrogen-bond donors (Lipinski definition) is 0. The molecule has 1 saturated heterocycles. The lowest BCUT2D eigenvalue weighted by molar-refractivity contribution is -0.138. The maximum Gasteiger partial charge on any atom is 0.230 e. The van der Waals surface area contributed by atoms with Crippen LogP contribution >= 0.6 is 0 Å². The Morgan fingerprint density at radius 1 is 0.931 bits per heavy atom. The van der Waals surface area contributed by atoms with Crippen molar-refractivity contribution in [2.75, 3.05) is 18.0 Å². The summed E-state index contributed by atoms with van der Waals surface area (Å²) in [4.78, 5) is 30.0. The monoisotopic (exact) mass is 392 g/mol. The van der Waals surface area contributed by atoms with Crippen LogP contribution in [0.3, 0.4) is 0 Å². The van der Waals surface area contributed by atoms with Crippen LogP contribution < -0.4 is 4.90 Å². The average Bonchev–Trinajstić information content (AvgIpc) is 2.79. The van der Waals surface area contributed by atoms with Crippen molar-refractivity contribution in [3.8, 4) is 0 Å². The van der Waals surface area contributed by atoms with Crippen molar-refractivity contribution in [2.45, 2.75) is 46.1 Å². The Bertz CT molecular complexity index is 779. The van der Waals surface area contributed by atoms with Crippen LogP contribution in [0.25, 0.3) is 0 Å².